The van der Waals surface area contributed by atoms with E-state index in [0.29, 0.717) is 18.9 Å². The smallest absolute Gasteiger partial charge is 0.225 e. The molecule has 1 amide bonds. The van der Waals surface area contributed by atoms with Crippen molar-refractivity contribution in [1.29, 1.82) is 0 Å². The van der Waals surface area contributed by atoms with Crippen LogP contribution in [-0.2, 0) is 4.79 Å². The molecule has 1 aliphatic rings. The maximum atomic E-state index is 11.6. The highest BCUT2D eigenvalue weighted by molar-refractivity contribution is 5.90. The first kappa shape index (κ1) is 15.8. The lowest BCUT2D eigenvalue weighted by Crippen LogP contribution is -2.18. The lowest BCUT2D eigenvalue weighted by molar-refractivity contribution is -0.116. The summed E-state index contributed by atoms with van der Waals surface area (Å²) in [6.07, 6.45) is 7.12. The Kier molecular flexibility index (Phi) is 6.54. The van der Waals surface area contributed by atoms with Crippen LogP contribution >= 0.6 is 0 Å². The van der Waals surface area contributed by atoms with Crippen molar-refractivity contribution >= 4 is 11.6 Å². The molecule has 0 spiro atoms. The van der Waals surface area contributed by atoms with E-state index in [1.807, 2.05) is 31.3 Å². The molecule has 2 rings (SSSR count). The number of carbonyl (C=O) groups is 1. The summed E-state index contributed by atoms with van der Waals surface area (Å²) in [4.78, 5) is 11.6. The van der Waals surface area contributed by atoms with Crippen LogP contribution in [0.1, 0.15) is 38.5 Å². The number of nitrogens with one attached hydrogen (secondary N) is 2. The van der Waals surface area contributed by atoms with E-state index in [2.05, 4.69) is 10.6 Å². The summed E-state index contributed by atoms with van der Waals surface area (Å²) >= 11 is 0. The van der Waals surface area contributed by atoms with Crippen LogP contribution < -0.4 is 15.4 Å². The minimum Gasteiger partial charge on any atom is -0.493 e. The highest BCUT2D eigenvalue weighted by Gasteiger charge is 2.13. The molecule has 0 aliphatic heterocycles. The molecule has 0 unspecified atom stereocenters. The number of hydrogen-bond donors (Lipinski definition) is 2. The average Bonchev–Trinajstić information content (AvgIpc) is 2.53. The first-order valence-corrected chi connectivity index (χ1v) is 7.95. The van der Waals surface area contributed by atoms with Gasteiger partial charge in [-0.2, -0.15) is 0 Å². The van der Waals surface area contributed by atoms with Crippen molar-refractivity contribution in [2.45, 2.75) is 38.5 Å². The van der Waals surface area contributed by atoms with Gasteiger partial charge in [0.05, 0.1) is 6.61 Å². The van der Waals surface area contributed by atoms with Crippen molar-refractivity contribution < 1.29 is 9.53 Å². The van der Waals surface area contributed by atoms with Gasteiger partial charge in [-0.1, -0.05) is 19.3 Å². The molecule has 4 heteroatoms. The number of ether oxygens (including phenoxy) is 1. The molecule has 0 heterocycles. The quantitative estimate of drug-likeness (QED) is 0.811. The Morgan fingerprint density at radius 1 is 1.19 bits per heavy atom. The summed E-state index contributed by atoms with van der Waals surface area (Å²) in [5, 5.41) is 5.84. The van der Waals surface area contributed by atoms with Crippen LogP contribution in [0.15, 0.2) is 24.3 Å². The summed E-state index contributed by atoms with van der Waals surface area (Å²) in [5.74, 6) is 1.62. The van der Waals surface area contributed by atoms with E-state index >= 15 is 0 Å². The lowest BCUT2D eigenvalue weighted by atomic mass is 9.90. The fourth-order valence-electron chi connectivity index (χ4n) is 2.66. The highest BCUT2D eigenvalue weighted by Crippen LogP contribution is 2.25. The van der Waals surface area contributed by atoms with Crippen LogP contribution in [0.5, 0.6) is 5.75 Å². The van der Waals surface area contributed by atoms with E-state index in [0.717, 1.165) is 18.0 Å². The van der Waals surface area contributed by atoms with Gasteiger partial charge in [0.2, 0.25) is 5.91 Å². The molecule has 2 N–H and O–H groups in total. The van der Waals surface area contributed by atoms with E-state index in [1.54, 1.807) is 0 Å². The second kappa shape index (κ2) is 8.67. The highest BCUT2D eigenvalue weighted by atomic mass is 16.5. The van der Waals surface area contributed by atoms with Gasteiger partial charge in [0.25, 0.3) is 0 Å². The van der Waals surface area contributed by atoms with E-state index in [-0.39, 0.29) is 5.91 Å². The minimum atomic E-state index is 0.0280. The van der Waals surface area contributed by atoms with Crippen molar-refractivity contribution in [3.8, 4) is 5.75 Å². The van der Waals surface area contributed by atoms with Crippen LogP contribution in [0.2, 0.25) is 0 Å². The summed E-state index contributed by atoms with van der Waals surface area (Å²) in [6.45, 7) is 1.50. The molecule has 4 nitrogen and oxygen atoms in total. The van der Waals surface area contributed by atoms with Crippen LogP contribution in [-0.4, -0.2) is 26.1 Å². The zero-order valence-electron chi connectivity index (χ0n) is 12.9. The summed E-state index contributed by atoms with van der Waals surface area (Å²) in [5.41, 5.74) is 0.820. The number of rotatable bonds is 7. The van der Waals surface area contributed by atoms with Gasteiger partial charge in [0, 0.05) is 18.7 Å². The summed E-state index contributed by atoms with van der Waals surface area (Å²) in [7, 11) is 1.84. The van der Waals surface area contributed by atoms with E-state index in [4.69, 9.17) is 4.74 Å². The molecule has 116 valence electrons. The van der Waals surface area contributed by atoms with E-state index < -0.39 is 0 Å². The van der Waals surface area contributed by atoms with Crippen molar-refractivity contribution in [3.05, 3.63) is 24.3 Å². The standard InChI is InChI=1S/C17H26N2O2/c1-18-12-11-17(20)19-15-7-9-16(10-8-15)21-13-14-5-3-2-4-6-14/h7-10,14,18H,2-6,11-13H2,1H3,(H,19,20). The number of benzene rings is 1. The third kappa shape index (κ3) is 5.76. The van der Waals surface area contributed by atoms with Crippen molar-refractivity contribution in [3.63, 3.8) is 0 Å². The average molecular weight is 290 g/mol. The van der Waals surface area contributed by atoms with Gasteiger partial charge >= 0.3 is 0 Å². The van der Waals surface area contributed by atoms with Gasteiger partial charge in [-0.25, -0.2) is 0 Å². The molecule has 1 aromatic rings. The molecular weight excluding hydrogens is 264 g/mol. The normalized spacial score (nSPS) is 15.7. The van der Waals surface area contributed by atoms with E-state index in [9.17, 15) is 4.79 Å². The molecule has 1 fully saturated rings. The molecule has 1 aliphatic carbocycles. The molecular formula is C17H26N2O2. The number of amides is 1. The molecule has 0 atom stereocenters. The molecule has 1 aromatic carbocycles. The zero-order chi connectivity index (χ0) is 14.9. The van der Waals surface area contributed by atoms with Crippen LogP contribution in [0.4, 0.5) is 5.69 Å². The second-order valence-electron chi connectivity index (χ2n) is 5.74. The van der Waals surface area contributed by atoms with Gasteiger partial charge in [0.15, 0.2) is 0 Å². The Morgan fingerprint density at radius 2 is 1.90 bits per heavy atom. The minimum absolute atomic E-state index is 0.0280. The first-order chi connectivity index (χ1) is 10.3. The molecule has 0 bridgehead atoms. The van der Waals surface area contributed by atoms with Crippen molar-refractivity contribution in [2.24, 2.45) is 5.92 Å². The van der Waals surface area contributed by atoms with Gasteiger partial charge in [-0.05, 0) is 50.1 Å². The number of carbonyl (C=O) groups excluding carboxylic acids is 1. The van der Waals surface area contributed by atoms with Crippen LogP contribution in [0.3, 0.4) is 0 Å². The summed E-state index contributed by atoms with van der Waals surface area (Å²) < 4.78 is 5.85. The van der Waals surface area contributed by atoms with Gasteiger partial charge in [-0.15, -0.1) is 0 Å². The molecule has 21 heavy (non-hydrogen) atoms. The molecule has 0 aromatic heterocycles. The van der Waals surface area contributed by atoms with Crippen LogP contribution in [0, 0.1) is 5.92 Å². The van der Waals surface area contributed by atoms with Gasteiger partial charge < -0.3 is 15.4 Å². The van der Waals surface area contributed by atoms with Gasteiger partial charge in [-0.3, -0.25) is 4.79 Å². The Bertz CT molecular complexity index is 425. The topological polar surface area (TPSA) is 50.4 Å². The fourth-order valence-corrected chi connectivity index (χ4v) is 2.66. The zero-order valence-corrected chi connectivity index (χ0v) is 12.9. The largest absolute Gasteiger partial charge is 0.493 e. The lowest BCUT2D eigenvalue weighted by Gasteiger charge is -2.21. The fraction of sp³-hybridized carbons (Fsp3) is 0.588. The molecule has 1 saturated carbocycles. The Balaban J connectivity index is 1.74. The van der Waals surface area contributed by atoms with Crippen molar-refractivity contribution in [2.75, 3.05) is 25.5 Å². The molecule has 0 saturated heterocycles. The first-order valence-electron chi connectivity index (χ1n) is 7.95. The predicted molar refractivity (Wildman–Crippen MR) is 85.7 cm³/mol. The Morgan fingerprint density at radius 3 is 2.57 bits per heavy atom. The van der Waals surface area contributed by atoms with Crippen LogP contribution in [0.25, 0.3) is 0 Å². The Labute approximate surface area is 127 Å². The maximum absolute atomic E-state index is 11.6. The number of hydrogen-bond acceptors (Lipinski definition) is 3. The second-order valence-corrected chi connectivity index (χ2v) is 5.74. The predicted octanol–water partition coefficient (Wildman–Crippen LogP) is 3.19. The molecule has 0 radical (unpaired) electrons. The Hall–Kier alpha value is -1.55. The monoisotopic (exact) mass is 290 g/mol. The maximum Gasteiger partial charge on any atom is 0.225 e. The SMILES string of the molecule is CNCCC(=O)Nc1ccc(OCC2CCCCC2)cc1. The summed E-state index contributed by atoms with van der Waals surface area (Å²) in [6, 6.07) is 7.65. The van der Waals surface area contributed by atoms with E-state index in [1.165, 1.54) is 32.1 Å². The van der Waals surface area contributed by atoms with Crippen molar-refractivity contribution in [1.82, 2.24) is 5.32 Å². The number of anilines is 1. The third-order valence-electron chi connectivity index (χ3n) is 3.95. The van der Waals surface area contributed by atoms with Gasteiger partial charge in [0.1, 0.15) is 5.75 Å². The third-order valence-corrected chi connectivity index (χ3v) is 3.95.